The third-order valence-electron chi connectivity index (χ3n) is 3.34. The lowest BCUT2D eigenvalue weighted by Gasteiger charge is -2.09. The van der Waals surface area contributed by atoms with Gasteiger partial charge in [0.05, 0.1) is 18.4 Å². The van der Waals surface area contributed by atoms with Crippen molar-refractivity contribution in [2.24, 2.45) is 0 Å². The molecule has 0 fully saturated rings. The molecule has 0 bridgehead atoms. The maximum Gasteiger partial charge on any atom is 0.337 e. The average Bonchev–Trinajstić information content (AvgIpc) is 2.86. The van der Waals surface area contributed by atoms with Crippen LogP contribution in [0.15, 0.2) is 35.4 Å². The third-order valence-corrected chi connectivity index (χ3v) is 5.07. The molecule has 0 saturated carbocycles. The SMILES string of the molecule is COC(=O)c1ccc2c(c1)NC(=O)c1cc(C)cn1S2(=O)=O. The largest absolute Gasteiger partial charge is 0.465 e. The molecule has 8 heteroatoms. The topological polar surface area (TPSA) is 94.5 Å². The van der Waals surface area contributed by atoms with Crippen LogP contribution in [0.4, 0.5) is 5.69 Å². The highest BCUT2D eigenvalue weighted by Gasteiger charge is 2.31. The van der Waals surface area contributed by atoms with E-state index in [1.54, 1.807) is 6.92 Å². The second kappa shape index (κ2) is 4.70. The smallest absolute Gasteiger partial charge is 0.337 e. The Morgan fingerprint density at radius 1 is 1.27 bits per heavy atom. The van der Waals surface area contributed by atoms with Gasteiger partial charge in [-0.15, -0.1) is 0 Å². The minimum absolute atomic E-state index is 0.0216. The molecule has 0 aliphatic carbocycles. The van der Waals surface area contributed by atoms with Crippen molar-refractivity contribution in [2.75, 3.05) is 12.4 Å². The Hall–Kier alpha value is -2.61. The minimum atomic E-state index is -3.92. The van der Waals surface area contributed by atoms with Crippen LogP contribution in [-0.4, -0.2) is 31.4 Å². The van der Waals surface area contributed by atoms with Crippen molar-refractivity contribution in [1.82, 2.24) is 3.97 Å². The number of aromatic nitrogens is 1. The molecule has 7 nitrogen and oxygen atoms in total. The molecule has 3 rings (SSSR count). The van der Waals surface area contributed by atoms with Gasteiger partial charge in [-0.1, -0.05) is 0 Å². The first-order valence-electron chi connectivity index (χ1n) is 6.33. The van der Waals surface area contributed by atoms with Crippen molar-refractivity contribution in [3.63, 3.8) is 0 Å². The van der Waals surface area contributed by atoms with Gasteiger partial charge in [0.25, 0.3) is 15.9 Å². The van der Waals surface area contributed by atoms with Gasteiger partial charge in [-0.3, -0.25) is 4.79 Å². The first-order valence-corrected chi connectivity index (χ1v) is 7.77. The molecule has 0 radical (unpaired) electrons. The Morgan fingerprint density at radius 3 is 2.68 bits per heavy atom. The van der Waals surface area contributed by atoms with Gasteiger partial charge >= 0.3 is 5.97 Å². The molecule has 0 spiro atoms. The van der Waals surface area contributed by atoms with E-state index in [1.165, 1.54) is 37.6 Å². The molecule has 0 unspecified atom stereocenters. The lowest BCUT2D eigenvalue weighted by Crippen LogP contribution is -2.16. The second-order valence-electron chi connectivity index (χ2n) is 4.86. The summed E-state index contributed by atoms with van der Waals surface area (Å²) in [4.78, 5) is 23.7. The molecule has 1 aromatic carbocycles. The lowest BCUT2D eigenvalue weighted by molar-refractivity contribution is 0.0600. The summed E-state index contributed by atoms with van der Waals surface area (Å²) in [6.07, 6.45) is 1.38. The zero-order valence-corrected chi connectivity index (χ0v) is 12.6. The number of aryl methyl sites for hydroxylation is 1. The number of nitrogens with one attached hydrogen (secondary N) is 1. The zero-order chi connectivity index (χ0) is 16.1. The van der Waals surface area contributed by atoms with E-state index >= 15 is 0 Å². The molecule has 2 heterocycles. The average molecular weight is 320 g/mol. The molecule has 0 saturated heterocycles. The van der Waals surface area contributed by atoms with E-state index in [0.717, 1.165) is 3.97 Å². The summed E-state index contributed by atoms with van der Waals surface area (Å²) in [6.45, 7) is 1.70. The highest BCUT2D eigenvalue weighted by molar-refractivity contribution is 7.90. The van der Waals surface area contributed by atoms with E-state index < -0.39 is 21.9 Å². The van der Waals surface area contributed by atoms with E-state index in [1.807, 2.05) is 0 Å². The number of amides is 1. The molecule has 114 valence electrons. The minimum Gasteiger partial charge on any atom is -0.465 e. The van der Waals surface area contributed by atoms with Gasteiger partial charge in [-0.25, -0.2) is 17.2 Å². The van der Waals surface area contributed by atoms with Crippen molar-refractivity contribution >= 4 is 27.6 Å². The number of carbonyl (C=O) groups is 2. The van der Waals surface area contributed by atoms with Crippen LogP contribution in [0.3, 0.4) is 0 Å². The quantitative estimate of drug-likeness (QED) is 0.801. The molecule has 1 aliphatic rings. The highest BCUT2D eigenvalue weighted by Crippen LogP contribution is 2.30. The van der Waals surface area contributed by atoms with Gasteiger partial charge in [-0.05, 0) is 36.8 Å². The number of carbonyl (C=O) groups excluding carboxylic acids is 2. The van der Waals surface area contributed by atoms with Crippen LogP contribution in [0, 0.1) is 6.92 Å². The maximum atomic E-state index is 12.7. The molecule has 1 aliphatic heterocycles. The fourth-order valence-corrected chi connectivity index (χ4v) is 3.86. The predicted molar refractivity (Wildman–Crippen MR) is 77.5 cm³/mol. The number of rotatable bonds is 1. The number of hydrogen-bond donors (Lipinski definition) is 1. The van der Waals surface area contributed by atoms with Gasteiger partial charge in [0.2, 0.25) is 0 Å². The molecule has 22 heavy (non-hydrogen) atoms. The molecular weight excluding hydrogens is 308 g/mol. The third kappa shape index (κ3) is 2.00. The second-order valence-corrected chi connectivity index (χ2v) is 6.64. The van der Waals surface area contributed by atoms with Crippen LogP contribution in [0.2, 0.25) is 0 Å². The van der Waals surface area contributed by atoms with Gasteiger partial charge in [0.15, 0.2) is 0 Å². The summed E-state index contributed by atoms with van der Waals surface area (Å²) < 4.78 is 30.9. The van der Waals surface area contributed by atoms with Gasteiger partial charge in [0.1, 0.15) is 10.6 Å². The summed E-state index contributed by atoms with van der Waals surface area (Å²) in [5.74, 6) is -1.17. The summed E-state index contributed by atoms with van der Waals surface area (Å²) >= 11 is 0. The van der Waals surface area contributed by atoms with Gasteiger partial charge < -0.3 is 10.1 Å². The van der Waals surface area contributed by atoms with E-state index in [4.69, 9.17) is 0 Å². The predicted octanol–water partition coefficient (Wildman–Crippen LogP) is 1.39. The van der Waals surface area contributed by atoms with Crippen molar-refractivity contribution in [1.29, 1.82) is 0 Å². The Morgan fingerprint density at radius 2 is 2.00 bits per heavy atom. The highest BCUT2D eigenvalue weighted by atomic mass is 32.2. The fraction of sp³-hybridized carbons (Fsp3) is 0.143. The number of nitrogens with zero attached hydrogens (tertiary/aromatic N) is 1. The first kappa shape index (κ1) is 14.3. The first-order chi connectivity index (χ1) is 10.3. The zero-order valence-electron chi connectivity index (χ0n) is 11.8. The van der Waals surface area contributed by atoms with E-state index in [2.05, 4.69) is 10.1 Å². The molecule has 1 N–H and O–H groups in total. The Bertz CT molecular complexity index is 911. The van der Waals surface area contributed by atoms with E-state index in [0.29, 0.717) is 5.56 Å². The van der Waals surface area contributed by atoms with Crippen molar-refractivity contribution in [2.45, 2.75) is 11.8 Å². The number of methoxy groups -OCH3 is 1. The Kier molecular flexibility index (Phi) is 3.06. The lowest BCUT2D eigenvalue weighted by atomic mass is 10.2. The van der Waals surface area contributed by atoms with Crippen LogP contribution < -0.4 is 5.32 Å². The fourth-order valence-electron chi connectivity index (χ4n) is 2.33. The van der Waals surface area contributed by atoms with Crippen LogP contribution in [0.5, 0.6) is 0 Å². The molecule has 1 amide bonds. The van der Waals surface area contributed by atoms with Gasteiger partial charge in [0, 0.05) is 6.20 Å². The van der Waals surface area contributed by atoms with E-state index in [-0.39, 0.29) is 21.8 Å². The standard InChI is InChI=1S/C14H12N2O5S/c1-8-5-11-13(17)15-10-6-9(14(18)21-2)3-4-12(10)22(19,20)16(11)7-8/h3-7H,1-2H3,(H,15,17). The number of anilines is 1. The number of ether oxygens (including phenoxy) is 1. The Balaban J connectivity index is 2.26. The summed E-state index contributed by atoms with van der Waals surface area (Å²) in [7, 11) is -2.70. The van der Waals surface area contributed by atoms with Crippen molar-refractivity contribution in [3.8, 4) is 0 Å². The molecule has 1 aromatic heterocycles. The number of benzene rings is 1. The van der Waals surface area contributed by atoms with Crippen molar-refractivity contribution in [3.05, 3.63) is 47.3 Å². The summed E-state index contributed by atoms with van der Waals surface area (Å²) in [5, 5.41) is 2.52. The molecule has 2 aromatic rings. The number of hydrogen-bond acceptors (Lipinski definition) is 5. The normalized spacial score (nSPS) is 15.3. The molecular formula is C14H12N2O5S. The summed E-state index contributed by atoms with van der Waals surface area (Å²) in [5.41, 5.74) is 0.880. The molecule has 0 atom stereocenters. The van der Waals surface area contributed by atoms with Crippen LogP contribution >= 0.6 is 0 Å². The van der Waals surface area contributed by atoms with Crippen LogP contribution in [0.1, 0.15) is 26.4 Å². The van der Waals surface area contributed by atoms with E-state index in [9.17, 15) is 18.0 Å². The Labute approximate surface area is 126 Å². The summed E-state index contributed by atoms with van der Waals surface area (Å²) in [6, 6.07) is 5.40. The number of esters is 1. The van der Waals surface area contributed by atoms with Crippen LogP contribution in [-0.2, 0) is 14.8 Å². The monoisotopic (exact) mass is 320 g/mol. The van der Waals surface area contributed by atoms with Crippen LogP contribution in [0.25, 0.3) is 0 Å². The number of fused-ring (bicyclic) bond motifs is 2. The van der Waals surface area contributed by atoms with Gasteiger partial charge in [-0.2, -0.15) is 0 Å². The van der Waals surface area contributed by atoms with Crippen molar-refractivity contribution < 1.29 is 22.7 Å². The maximum absolute atomic E-state index is 12.7.